The highest BCUT2D eigenvalue weighted by Crippen LogP contribution is 2.66. The van der Waals surface area contributed by atoms with Gasteiger partial charge in [0.25, 0.3) is 5.56 Å². The first-order chi connectivity index (χ1) is 13.7. The molecule has 168 valence electrons. The SMILES string of the molecule is Nc1nc2c(ccn2[C@H]2CC[C@@H](COP(=O)(O)OP(=O)(O)OP(=O)(O)O)O2)c(=O)[nH]1. The Bertz CT molecular complexity index is 1140. The largest absolute Gasteiger partial charge is 0.490 e. The van der Waals surface area contributed by atoms with Crippen LogP contribution in [-0.4, -0.2) is 46.8 Å². The Labute approximate surface area is 167 Å². The van der Waals surface area contributed by atoms with Crippen molar-refractivity contribution in [3.63, 3.8) is 0 Å². The second kappa shape index (κ2) is 8.26. The standard InChI is InChI=1S/C11H17N4O12P3/c12-11-13-9-7(10(16)14-11)3-4-15(9)8-2-1-6(25-8)5-24-29(20,21)27-30(22,23)26-28(17,18)19/h3-4,6,8H,1-2,5H2,(H,20,21)(H,22,23)(H2,17,18,19)(H3,12,13,14,16)/t6-,8+/m0/s1. The van der Waals surface area contributed by atoms with Crippen LogP contribution in [0.25, 0.3) is 11.0 Å². The van der Waals surface area contributed by atoms with E-state index in [-0.39, 0.29) is 17.0 Å². The molecule has 2 aromatic heterocycles. The molecule has 4 atom stereocenters. The fraction of sp³-hybridized carbons (Fsp3) is 0.455. The summed E-state index contributed by atoms with van der Waals surface area (Å²) in [5, 5.41) is 0.282. The molecule has 0 bridgehead atoms. The van der Waals surface area contributed by atoms with Gasteiger partial charge in [-0.1, -0.05) is 0 Å². The maximum Gasteiger partial charge on any atom is 0.490 e. The summed E-state index contributed by atoms with van der Waals surface area (Å²) in [5.74, 6) is -0.0883. The maximum absolute atomic E-state index is 11.9. The van der Waals surface area contributed by atoms with Crippen molar-refractivity contribution in [1.82, 2.24) is 14.5 Å². The number of H-pyrrole nitrogens is 1. The predicted molar refractivity (Wildman–Crippen MR) is 97.7 cm³/mol. The molecule has 1 fully saturated rings. The Morgan fingerprint density at radius 1 is 1.20 bits per heavy atom. The number of ether oxygens (including phenoxy) is 1. The zero-order valence-electron chi connectivity index (χ0n) is 14.8. The van der Waals surface area contributed by atoms with Gasteiger partial charge in [0.15, 0.2) is 5.65 Å². The number of nitrogen functional groups attached to an aromatic ring is 1. The van der Waals surface area contributed by atoms with E-state index in [1.807, 2.05) is 0 Å². The molecule has 0 aliphatic carbocycles. The van der Waals surface area contributed by atoms with Crippen LogP contribution < -0.4 is 11.3 Å². The Kier molecular flexibility index (Phi) is 6.41. The number of aromatic amines is 1. The number of hydrogen-bond donors (Lipinski definition) is 6. The number of anilines is 1. The molecule has 3 rings (SSSR count). The fourth-order valence-electron chi connectivity index (χ4n) is 2.79. The fourth-order valence-corrected chi connectivity index (χ4v) is 5.84. The van der Waals surface area contributed by atoms with Crippen LogP contribution in [0.5, 0.6) is 0 Å². The molecule has 0 amide bonds. The molecule has 1 aliphatic rings. The number of hydrogen-bond acceptors (Lipinski definition) is 10. The van der Waals surface area contributed by atoms with E-state index in [0.717, 1.165) is 0 Å². The molecule has 0 saturated carbocycles. The lowest BCUT2D eigenvalue weighted by molar-refractivity contribution is -0.0202. The summed E-state index contributed by atoms with van der Waals surface area (Å²) in [6.07, 6.45) is 0.936. The molecule has 7 N–H and O–H groups in total. The van der Waals surface area contributed by atoms with E-state index < -0.39 is 48.0 Å². The molecule has 30 heavy (non-hydrogen) atoms. The number of nitrogens with zero attached hydrogens (tertiary/aromatic N) is 2. The van der Waals surface area contributed by atoms with Crippen LogP contribution >= 0.6 is 23.5 Å². The number of aromatic nitrogens is 3. The molecule has 0 aromatic carbocycles. The van der Waals surface area contributed by atoms with Crippen LogP contribution in [0.2, 0.25) is 0 Å². The summed E-state index contributed by atoms with van der Waals surface area (Å²) in [7, 11) is -16.3. The number of rotatable bonds is 8. The summed E-state index contributed by atoms with van der Waals surface area (Å²) in [6, 6.07) is 1.52. The molecule has 2 aromatic rings. The Morgan fingerprint density at radius 2 is 1.90 bits per heavy atom. The molecule has 3 heterocycles. The van der Waals surface area contributed by atoms with E-state index in [4.69, 9.17) is 25.2 Å². The summed E-state index contributed by atoms with van der Waals surface area (Å²) in [5.41, 5.74) is 5.39. The Balaban J connectivity index is 1.62. The number of nitrogens with one attached hydrogen (secondary N) is 1. The van der Waals surface area contributed by atoms with Gasteiger partial charge in [0.2, 0.25) is 5.95 Å². The summed E-state index contributed by atoms with van der Waals surface area (Å²) in [6.45, 7) is -0.560. The van der Waals surface area contributed by atoms with Crippen molar-refractivity contribution in [2.24, 2.45) is 0 Å². The lowest BCUT2D eigenvalue weighted by Gasteiger charge is -2.19. The van der Waals surface area contributed by atoms with Crippen LogP contribution in [0, 0.1) is 0 Å². The van der Waals surface area contributed by atoms with Gasteiger partial charge in [-0.15, -0.1) is 0 Å². The molecule has 1 saturated heterocycles. The van der Waals surface area contributed by atoms with Gasteiger partial charge in [0.05, 0.1) is 18.1 Å². The molecule has 2 unspecified atom stereocenters. The van der Waals surface area contributed by atoms with Crippen LogP contribution in [-0.2, 0) is 31.6 Å². The first-order valence-electron chi connectivity index (χ1n) is 8.05. The molecule has 1 aliphatic heterocycles. The second-order valence-electron chi connectivity index (χ2n) is 6.09. The summed E-state index contributed by atoms with van der Waals surface area (Å²) < 4.78 is 52.7. The Morgan fingerprint density at radius 3 is 2.57 bits per heavy atom. The van der Waals surface area contributed by atoms with Crippen LogP contribution in [0.15, 0.2) is 17.1 Å². The smallest absolute Gasteiger partial charge is 0.369 e. The van der Waals surface area contributed by atoms with Crippen LogP contribution in [0.1, 0.15) is 19.1 Å². The average molecular weight is 490 g/mol. The van der Waals surface area contributed by atoms with E-state index in [2.05, 4.69) is 23.1 Å². The number of phosphoric ester groups is 1. The molecule has 0 radical (unpaired) electrons. The molecule has 0 spiro atoms. The summed E-state index contributed by atoms with van der Waals surface area (Å²) >= 11 is 0. The van der Waals surface area contributed by atoms with Gasteiger partial charge in [-0.3, -0.25) is 14.3 Å². The number of fused-ring (bicyclic) bond motifs is 1. The molecule has 19 heteroatoms. The zero-order chi connectivity index (χ0) is 22.3. The predicted octanol–water partition coefficient (Wildman–Crippen LogP) is 0.328. The zero-order valence-corrected chi connectivity index (χ0v) is 17.5. The minimum absolute atomic E-state index is 0.0883. The van der Waals surface area contributed by atoms with Gasteiger partial charge in [-0.2, -0.15) is 13.6 Å². The van der Waals surface area contributed by atoms with Gasteiger partial charge in [0, 0.05) is 6.20 Å². The first-order valence-corrected chi connectivity index (χ1v) is 12.6. The second-order valence-corrected chi connectivity index (χ2v) is 10.5. The van der Waals surface area contributed by atoms with E-state index in [0.29, 0.717) is 12.8 Å². The van der Waals surface area contributed by atoms with Crippen molar-refractivity contribution in [2.75, 3.05) is 12.3 Å². The first kappa shape index (κ1) is 23.3. The van der Waals surface area contributed by atoms with Gasteiger partial charge < -0.3 is 34.6 Å². The monoisotopic (exact) mass is 490 g/mol. The van der Waals surface area contributed by atoms with Gasteiger partial charge in [-0.05, 0) is 18.9 Å². The minimum Gasteiger partial charge on any atom is -0.369 e. The molecular formula is C11H17N4O12P3. The Hall–Kier alpha value is -1.41. The average Bonchev–Trinajstić information content (AvgIpc) is 3.15. The van der Waals surface area contributed by atoms with E-state index in [1.165, 1.54) is 6.07 Å². The van der Waals surface area contributed by atoms with Crippen molar-refractivity contribution in [3.05, 3.63) is 22.6 Å². The van der Waals surface area contributed by atoms with Crippen molar-refractivity contribution >= 4 is 40.4 Å². The molecular weight excluding hydrogens is 473 g/mol. The highest BCUT2D eigenvalue weighted by Gasteiger charge is 2.41. The van der Waals surface area contributed by atoms with Crippen molar-refractivity contribution in [1.29, 1.82) is 0 Å². The third-order valence-electron chi connectivity index (χ3n) is 3.83. The maximum atomic E-state index is 11.9. The quantitative estimate of drug-likeness (QED) is 0.273. The number of nitrogens with two attached hydrogens (primary N) is 1. The van der Waals surface area contributed by atoms with Gasteiger partial charge in [-0.25, -0.2) is 13.7 Å². The van der Waals surface area contributed by atoms with E-state index in [1.54, 1.807) is 10.8 Å². The molecule has 16 nitrogen and oxygen atoms in total. The topological polar surface area (TPSA) is 246 Å². The van der Waals surface area contributed by atoms with Gasteiger partial charge in [0.1, 0.15) is 6.23 Å². The van der Waals surface area contributed by atoms with Crippen molar-refractivity contribution in [2.45, 2.75) is 25.2 Å². The number of phosphoric acid groups is 3. The highest BCUT2D eigenvalue weighted by atomic mass is 31.3. The van der Waals surface area contributed by atoms with Crippen LogP contribution in [0.3, 0.4) is 0 Å². The normalized spacial score (nSPS) is 24.0. The third-order valence-corrected chi connectivity index (χ3v) is 7.64. The van der Waals surface area contributed by atoms with E-state index >= 15 is 0 Å². The lowest BCUT2D eigenvalue weighted by Crippen LogP contribution is -2.17. The summed E-state index contributed by atoms with van der Waals surface area (Å²) in [4.78, 5) is 53.9. The third kappa shape index (κ3) is 5.84. The lowest BCUT2D eigenvalue weighted by atomic mass is 10.2. The van der Waals surface area contributed by atoms with Crippen LogP contribution in [0.4, 0.5) is 5.95 Å². The van der Waals surface area contributed by atoms with Gasteiger partial charge >= 0.3 is 23.5 Å². The van der Waals surface area contributed by atoms with Crippen molar-refractivity contribution < 1.29 is 51.2 Å². The van der Waals surface area contributed by atoms with E-state index in [9.17, 15) is 23.4 Å². The minimum atomic E-state index is -5.58. The highest BCUT2D eigenvalue weighted by molar-refractivity contribution is 7.66. The van der Waals surface area contributed by atoms with Crippen molar-refractivity contribution in [3.8, 4) is 0 Å².